The molecule has 0 spiro atoms. The minimum absolute atomic E-state index is 0.0259. The molecule has 0 aliphatic carbocycles. The standard InChI is InChI=1S/C45H66N6O13/c1-12-33-45(8)39(50(43(56)64-45)20-19-47-34-17-16-31(24-48-34)51(57)58)27(4)36(53)25(2)23-44(7,59-11)40(63-42-37(54)32(49(9)10)21-26(3)60-42)28(5)38(29(6)41(55)61-33)62-35(52)22-30-15-13-14-18-46-30/h13-18,24-29,32-33,37-40,42,54H,12,19-23H2,1-11H3,(H,47,48)/t25-,26-,27+,28+,29-,32+,33-,37-,38+,39+,40-,42+,44-,45-/m1/s1. The molecule has 3 aliphatic heterocycles. The van der Waals surface area contributed by atoms with Crippen molar-refractivity contribution in [1.29, 1.82) is 0 Å². The number of methoxy groups -OCH3 is 1. The largest absolute Gasteiger partial charge is 0.461 e. The van der Waals surface area contributed by atoms with Crippen molar-refractivity contribution in [2.75, 3.05) is 39.6 Å². The number of pyridine rings is 2. The Morgan fingerprint density at radius 2 is 1.80 bits per heavy atom. The molecule has 19 heteroatoms. The Balaban J connectivity index is 1.57. The normalized spacial score (nSPS) is 35.2. The lowest BCUT2D eigenvalue weighted by molar-refractivity contribution is -0.385. The van der Waals surface area contributed by atoms with Crippen LogP contribution in [0.1, 0.15) is 80.3 Å². The van der Waals surface area contributed by atoms with Gasteiger partial charge < -0.3 is 43.7 Å². The first-order valence-corrected chi connectivity index (χ1v) is 22.0. The maximum atomic E-state index is 14.9. The smallest absolute Gasteiger partial charge is 0.410 e. The van der Waals surface area contributed by atoms with Gasteiger partial charge in [-0.2, -0.15) is 0 Å². The Bertz CT molecular complexity index is 1940. The summed E-state index contributed by atoms with van der Waals surface area (Å²) in [7, 11) is 5.20. The number of nitrogens with one attached hydrogen (secondary N) is 1. The number of esters is 2. The van der Waals surface area contributed by atoms with Crippen LogP contribution >= 0.6 is 0 Å². The van der Waals surface area contributed by atoms with Crippen LogP contribution in [0, 0.1) is 33.8 Å². The van der Waals surface area contributed by atoms with E-state index in [4.69, 9.17) is 28.4 Å². The summed E-state index contributed by atoms with van der Waals surface area (Å²) >= 11 is 0. The van der Waals surface area contributed by atoms with Crippen LogP contribution in [0.15, 0.2) is 42.7 Å². The third kappa shape index (κ3) is 11.0. The van der Waals surface area contributed by atoms with E-state index in [2.05, 4.69) is 15.3 Å². The summed E-state index contributed by atoms with van der Waals surface area (Å²) in [5.41, 5.74) is -2.61. The summed E-state index contributed by atoms with van der Waals surface area (Å²) in [6.45, 7) is 14.1. The van der Waals surface area contributed by atoms with Crippen molar-refractivity contribution >= 4 is 35.3 Å². The van der Waals surface area contributed by atoms with Crippen LogP contribution in [-0.2, 0) is 49.2 Å². The number of carbonyl (C=O) groups is 4. The molecule has 14 atom stereocenters. The minimum Gasteiger partial charge on any atom is -0.461 e. The number of anilines is 1. The molecular formula is C45H66N6O13. The number of Topliss-reactive ketones (excluding diaryl/α,β-unsaturated/α-hetero) is 1. The molecule has 3 aliphatic rings. The van der Waals surface area contributed by atoms with Gasteiger partial charge in [0.05, 0.1) is 46.8 Å². The number of carbonyl (C=O) groups excluding carboxylic acids is 4. The topological polar surface area (TPSA) is 231 Å². The van der Waals surface area contributed by atoms with Crippen molar-refractivity contribution in [2.45, 2.75) is 141 Å². The number of ether oxygens (including phenoxy) is 6. The van der Waals surface area contributed by atoms with Gasteiger partial charge in [0, 0.05) is 56.3 Å². The van der Waals surface area contributed by atoms with E-state index < -0.39 is 94.6 Å². The molecule has 0 aromatic carbocycles. The number of fused-ring (bicyclic) bond motifs is 1. The molecule has 2 N–H and O–H groups in total. The number of aliphatic hydroxyl groups excluding tert-OH is 1. The number of amides is 1. The number of aromatic nitrogens is 2. The van der Waals surface area contributed by atoms with Crippen molar-refractivity contribution in [1.82, 2.24) is 19.8 Å². The molecule has 0 bridgehead atoms. The molecule has 3 saturated heterocycles. The summed E-state index contributed by atoms with van der Waals surface area (Å²) in [5.74, 6) is -4.93. The maximum absolute atomic E-state index is 14.9. The second-order valence-corrected chi connectivity index (χ2v) is 18.2. The summed E-state index contributed by atoms with van der Waals surface area (Å²) < 4.78 is 38.2. The number of nitrogens with zero attached hydrogens (tertiary/aromatic N) is 5. The zero-order valence-corrected chi connectivity index (χ0v) is 38.8. The Kier molecular flexibility index (Phi) is 16.5. The molecule has 5 rings (SSSR count). The van der Waals surface area contributed by atoms with E-state index in [1.165, 1.54) is 24.1 Å². The van der Waals surface area contributed by atoms with Crippen LogP contribution in [0.3, 0.4) is 0 Å². The lowest BCUT2D eigenvalue weighted by Gasteiger charge is -2.48. The van der Waals surface area contributed by atoms with E-state index in [9.17, 15) is 34.4 Å². The summed E-state index contributed by atoms with van der Waals surface area (Å²) in [4.78, 5) is 79.6. The van der Waals surface area contributed by atoms with E-state index in [1.54, 1.807) is 72.9 Å². The van der Waals surface area contributed by atoms with Crippen molar-refractivity contribution < 1.29 is 57.6 Å². The summed E-state index contributed by atoms with van der Waals surface area (Å²) in [6.07, 6.45) is -3.43. The van der Waals surface area contributed by atoms with Crippen molar-refractivity contribution in [3.05, 3.63) is 58.5 Å². The number of likely N-dealkylation sites (N-methyl/N-ethyl adjacent to an activating group) is 1. The quantitative estimate of drug-likeness (QED) is 0.121. The molecule has 0 radical (unpaired) electrons. The van der Waals surface area contributed by atoms with Gasteiger partial charge in [-0.25, -0.2) is 9.78 Å². The van der Waals surface area contributed by atoms with Gasteiger partial charge in [-0.15, -0.1) is 0 Å². The first-order valence-electron chi connectivity index (χ1n) is 22.0. The van der Waals surface area contributed by atoms with Crippen LogP contribution in [-0.4, -0.2) is 148 Å². The average Bonchev–Trinajstić information content (AvgIpc) is 3.52. The van der Waals surface area contributed by atoms with Crippen LogP contribution in [0.4, 0.5) is 16.3 Å². The zero-order valence-electron chi connectivity index (χ0n) is 38.8. The second-order valence-electron chi connectivity index (χ2n) is 18.2. The molecule has 2 aromatic heterocycles. The SMILES string of the molecule is CC[C@H]1OC(=O)[C@H](C)[C@@H](OC(=O)Cc2ccccn2)[C@H](C)[C@@H](O[C@@H]2O[C@H](C)C[C@H](N(C)C)[C@H]2O)[C@](C)(OC)C[C@@H](C)C(=O)[C@H](C)[C@@H]2N(CCNc3ccc([N+](=O)[O-])cn3)C(=O)O[C@@]21C. The van der Waals surface area contributed by atoms with E-state index in [0.717, 1.165) is 6.20 Å². The van der Waals surface area contributed by atoms with E-state index in [-0.39, 0.29) is 56.0 Å². The van der Waals surface area contributed by atoms with Crippen LogP contribution in [0.25, 0.3) is 0 Å². The third-order valence-corrected chi connectivity index (χ3v) is 13.3. The predicted molar refractivity (Wildman–Crippen MR) is 232 cm³/mol. The molecule has 0 unspecified atom stereocenters. The van der Waals surface area contributed by atoms with Gasteiger partial charge in [-0.1, -0.05) is 33.8 Å². The van der Waals surface area contributed by atoms with E-state index >= 15 is 0 Å². The number of ketones is 1. The first-order chi connectivity index (χ1) is 30.1. The van der Waals surface area contributed by atoms with Crippen LogP contribution in [0.2, 0.25) is 0 Å². The fourth-order valence-corrected chi connectivity index (χ4v) is 9.81. The summed E-state index contributed by atoms with van der Waals surface area (Å²) in [5, 5.41) is 25.9. The molecule has 3 fully saturated rings. The molecule has 2 aromatic rings. The lowest BCUT2D eigenvalue weighted by atomic mass is 9.73. The Labute approximate surface area is 375 Å². The van der Waals surface area contributed by atoms with Gasteiger partial charge in [-0.3, -0.25) is 34.4 Å². The Morgan fingerprint density at radius 1 is 1.08 bits per heavy atom. The predicted octanol–water partition coefficient (Wildman–Crippen LogP) is 4.59. The fourth-order valence-electron chi connectivity index (χ4n) is 9.81. The third-order valence-electron chi connectivity index (χ3n) is 13.3. The van der Waals surface area contributed by atoms with Gasteiger partial charge in [0.25, 0.3) is 5.69 Å². The fraction of sp³-hybridized carbons (Fsp3) is 0.689. The van der Waals surface area contributed by atoms with Gasteiger partial charge in [0.2, 0.25) is 0 Å². The Morgan fingerprint density at radius 3 is 2.39 bits per heavy atom. The number of hydrogen-bond acceptors (Lipinski definition) is 17. The average molecular weight is 899 g/mol. The first kappa shape index (κ1) is 50.2. The van der Waals surface area contributed by atoms with E-state index in [0.29, 0.717) is 17.9 Å². The van der Waals surface area contributed by atoms with Gasteiger partial charge in [0.15, 0.2) is 11.9 Å². The highest BCUT2D eigenvalue weighted by Crippen LogP contribution is 2.44. The number of cyclic esters (lactones) is 1. The van der Waals surface area contributed by atoms with Crippen molar-refractivity contribution in [2.24, 2.45) is 23.7 Å². The van der Waals surface area contributed by atoms with E-state index in [1.807, 2.05) is 25.9 Å². The highest BCUT2D eigenvalue weighted by molar-refractivity contribution is 5.85. The monoisotopic (exact) mass is 898 g/mol. The minimum atomic E-state index is -1.53. The van der Waals surface area contributed by atoms with Gasteiger partial charge in [-0.05, 0) is 79.3 Å². The molecule has 1 amide bonds. The van der Waals surface area contributed by atoms with Gasteiger partial charge in [0.1, 0.15) is 36.1 Å². The number of hydrogen-bond donors (Lipinski definition) is 2. The zero-order chi connectivity index (χ0) is 47.3. The lowest BCUT2D eigenvalue weighted by Crippen LogP contribution is -2.61. The van der Waals surface area contributed by atoms with Crippen molar-refractivity contribution in [3.8, 4) is 0 Å². The highest BCUT2D eigenvalue weighted by Gasteiger charge is 2.60. The molecular weight excluding hydrogens is 833 g/mol. The Hall–Kier alpha value is -4.82. The summed E-state index contributed by atoms with van der Waals surface area (Å²) in [6, 6.07) is 6.63. The molecule has 0 saturated carbocycles. The van der Waals surface area contributed by atoms with Crippen molar-refractivity contribution in [3.63, 3.8) is 0 Å². The number of aliphatic hydroxyl groups is 1. The van der Waals surface area contributed by atoms with Gasteiger partial charge >= 0.3 is 18.0 Å². The molecule has 19 nitrogen and oxygen atoms in total. The number of rotatable bonds is 13. The second kappa shape index (κ2) is 21.0. The van der Waals surface area contributed by atoms with Crippen LogP contribution < -0.4 is 5.32 Å². The number of nitro groups is 1. The molecule has 354 valence electrons. The molecule has 5 heterocycles. The molecule has 64 heavy (non-hydrogen) atoms. The maximum Gasteiger partial charge on any atom is 0.410 e. The van der Waals surface area contributed by atoms with Crippen LogP contribution in [0.5, 0.6) is 0 Å². The highest BCUT2D eigenvalue weighted by atomic mass is 16.7.